The highest BCUT2D eigenvalue weighted by Crippen LogP contribution is 2.29. The Balaban J connectivity index is 1.71. The Morgan fingerprint density at radius 1 is 1.30 bits per heavy atom. The lowest BCUT2D eigenvalue weighted by molar-refractivity contribution is 0.476. The van der Waals surface area contributed by atoms with Crippen LogP contribution >= 0.6 is 11.3 Å². The topological polar surface area (TPSA) is 58.2 Å². The minimum atomic E-state index is -3.37. The van der Waals surface area contributed by atoms with Crippen molar-refractivity contribution in [1.29, 1.82) is 0 Å². The molecule has 1 heterocycles. The summed E-state index contributed by atoms with van der Waals surface area (Å²) in [4.78, 5) is 1.39. The van der Waals surface area contributed by atoms with Gasteiger partial charge in [0.25, 0.3) is 0 Å². The highest BCUT2D eigenvalue weighted by Gasteiger charge is 2.30. The van der Waals surface area contributed by atoms with Crippen LogP contribution in [-0.2, 0) is 16.6 Å². The van der Waals surface area contributed by atoms with Gasteiger partial charge in [0.2, 0.25) is 10.0 Å². The standard InChI is InChI=1S/C14H22N2O2S2/c1-10-3-2-4-12(10)16-20(17,18)14-7-8-19-13(14)9-15-11-5-6-11/h7-8,10-12,15-16H,2-6,9H2,1H3. The lowest BCUT2D eigenvalue weighted by Gasteiger charge is -2.17. The monoisotopic (exact) mass is 314 g/mol. The zero-order valence-corrected chi connectivity index (χ0v) is 13.4. The van der Waals surface area contributed by atoms with Crippen LogP contribution in [-0.4, -0.2) is 20.5 Å². The second-order valence-electron chi connectivity index (χ2n) is 6.00. The normalized spacial score (nSPS) is 27.1. The van der Waals surface area contributed by atoms with Crippen LogP contribution in [0.25, 0.3) is 0 Å². The van der Waals surface area contributed by atoms with Crippen LogP contribution in [0.5, 0.6) is 0 Å². The van der Waals surface area contributed by atoms with Crippen molar-refractivity contribution in [3.8, 4) is 0 Å². The van der Waals surface area contributed by atoms with Crippen LogP contribution in [0, 0.1) is 5.92 Å². The molecule has 20 heavy (non-hydrogen) atoms. The fraction of sp³-hybridized carbons (Fsp3) is 0.714. The zero-order valence-electron chi connectivity index (χ0n) is 11.8. The molecule has 1 aromatic heterocycles. The molecule has 4 nitrogen and oxygen atoms in total. The molecular weight excluding hydrogens is 292 g/mol. The summed E-state index contributed by atoms with van der Waals surface area (Å²) in [6.07, 6.45) is 5.62. The SMILES string of the molecule is CC1CCCC1NS(=O)(=O)c1ccsc1CNC1CC1. The van der Waals surface area contributed by atoms with Gasteiger partial charge in [-0.05, 0) is 43.0 Å². The molecule has 0 bridgehead atoms. The lowest BCUT2D eigenvalue weighted by atomic mass is 10.1. The van der Waals surface area contributed by atoms with Crippen LogP contribution in [0.2, 0.25) is 0 Å². The highest BCUT2D eigenvalue weighted by atomic mass is 32.2. The molecule has 2 fully saturated rings. The van der Waals surface area contributed by atoms with Crippen molar-refractivity contribution in [1.82, 2.24) is 10.0 Å². The van der Waals surface area contributed by atoms with Gasteiger partial charge >= 0.3 is 0 Å². The van der Waals surface area contributed by atoms with E-state index in [2.05, 4.69) is 17.0 Å². The lowest BCUT2D eigenvalue weighted by Crippen LogP contribution is -2.36. The van der Waals surface area contributed by atoms with E-state index in [-0.39, 0.29) is 6.04 Å². The second-order valence-corrected chi connectivity index (χ2v) is 8.68. The number of hydrogen-bond acceptors (Lipinski definition) is 4. The summed E-state index contributed by atoms with van der Waals surface area (Å²) in [6.45, 7) is 2.79. The molecule has 0 aliphatic heterocycles. The van der Waals surface area contributed by atoms with Gasteiger partial charge in [0.05, 0.1) is 4.90 Å². The van der Waals surface area contributed by atoms with Crippen molar-refractivity contribution in [3.05, 3.63) is 16.3 Å². The van der Waals surface area contributed by atoms with Gasteiger partial charge in [-0.2, -0.15) is 0 Å². The van der Waals surface area contributed by atoms with Gasteiger partial charge in [0, 0.05) is 23.5 Å². The Morgan fingerprint density at radius 2 is 2.10 bits per heavy atom. The summed E-state index contributed by atoms with van der Waals surface area (Å²) >= 11 is 1.52. The number of hydrogen-bond donors (Lipinski definition) is 2. The first-order chi connectivity index (χ1) is 9.56. The fourth-order valence-corrected chi connectivity index (χ4v) is 5.58. The van der Waals surface area contributed by atoms with Crippen molar-refractivity contribution in [3.63, 3.8) is 0 Å². The highest BCUT2D eigenvalue weighted by molar-refractivity contribution is 7.89. The third kappa shape index (κ3) is 3.24. The molecule has 0 radical (unpaired) electrons. The molecule has 1 aromatic rings. The van der Waals surface area contributed by atoms with Crippen molar-refractivity contribution in [2.24, 2.45) is 5.92 Å². The van der Waals surface area contributed by atoms with E-state index in [1.807, 2.05) is 5.38 Å². The van der Waals surface area contributed by atoms with E-state index in [0.717, 1.165) is 24.1 Å². The van der Waals surface area contributed by atoms with Crippen molar-refractivity contribution >= 4 is 21.4 Å². The molecule has 0 aromatic carbocycles. The van der Waals surface area contributed by atoms with Gasteiger partial charge in [-0.15, -0.1) is 11.3 Å². The molecule has 2 N–H and O–H groups in total. The van der Waals surface area contributed by atoms with E-state index in [9.17, 15) is 8.42 Å². The quantitative estimate of drug-likeness (QED) is 0.848. The van der Waals surface area contributed by atoms with Gasteiger partial charge in [0.15, 0.2) is 0 Å². The van der Waals surface area contributed by atoms with E-state index in [1.165, 1.54) is 24.2 Å². The molecule has 2 unspecified atom stereocenters. The largest absolute Gasteiger partial charge is 0.309 e. The summed E-state index contributed by atoms with van der Waals surface area (Å²) in [6, 6.07) is 2.43. The Hall–Kier alpha value is -0.430. The average Bonchev–Trinajstić information content (AvgIpc) is 2.95. The summed E-state index contributed by atoms with van der Waals surface area (Å²) in [7, 11) is -3.37. The first kappa shape index (κ1) is 14.5. The molecule has 0 saturated heterocycles. The second kappa shape index (κ2) is 5.75. The first-order valence-corrected chi connectivity index (χ1v) is 9.74. The molecule has 2 saturated carbocycles. The molecule has 112 valence electrons. The van der Waals surface area contributed by atoms with Gasteiger partial charge in [-0.25, -0.2) is 13.1 Å². The molecule has 3 rings (SSSR count). The molecule has 2 aliphatic carbocycles. The average molecular weight is 314 g/mol. The molecule has 0 spiro atoms. The van der Waals surface area contributed by atoms with Crippen LogP contribution in [0.15, 0.2) is 16.3 Å². The summed E-state index contributed by atoms with van der Waals surface area (Å²) in [5, 5.41) is 5.26. The fourth-order valence-electron chi connectivity index (χ4n) is 2.80. The predicted octanol–water partition coefficient (Wildman–Crippen LogP) is 2.47. The van der Waals surface area contributed by atoms with Crippen LogP contribution in [0.4, 0.5) is 0 Å². The van der Waals surface area contributed by atoms with Crippen molar-refractivity contribution in [2.45, 2.75) is 62.6 Å². The summed E-state index contributed by atoms with van der Waals surface area (Å²) < 4.78 is 28.0. The first-order valence-electron chi connectivity index (χ1n) is 7.38. The number of thiophene rings is 1. The number of sulfonamides is 1. The molecule has 6 heteroatoms. The van der Waals surface area contributed by atoms with E-state index in [0.29, 0.717) is 23.4 Å². The minimum Gasteiger partial charge on any atom is -0.309 e. The number of rotatable bonds is 6. The van der Waals surface area contributed by atoms with E-state index >= 15 is 0 Å². The Morgan fingerprint density at radius 3 is 2.75 bits per heavy atom. The van der Waals surface area contributed by atoms with E-state index in [4.69, 9.17) is 0 Å². The Labute approximate surface area is 125 Å². The maximum absolute atomic E-state index is 12.5. The Kier molecular flexibility index (Phi) is 4.17. The summed E-state index contributed by atoms with van der Waals surface area (Å²) in [5.41, 5.74) is 0. The maximum Gasteiger partial charge on any atom is 0.241 e. The number of nitrogens with one attached hydrogen (secondary N) is 2. The smallest absolute Gasteiger partial charge is 0.241 e. The van der Waals surface area contributed by atoms with E-state index in [1.54, 1.807) is 6.07 Å². The third-order valence-corrected chi connectivity index (χ3v) is 6.92. The molecular formula is C14H22N2O2S2. The van der Waals surface area contributed by atoms with Crippen molar-refractivity contribution < 1.29 is 8.42 Å². The van der Waals surface area contributed by atoms with Gasteiger partial charge in [0.1, 0.15) is 0 Å². The van der Waals surface area contributed by atoms with Gasteiger partial charge in [-0.1, -0.05) is 13.3 Å². The van der Waals surface area contributed by atoms with E-state index < -0.39 is 10.0 Å². The molecule has 2 atom stereocenters. The van der Waals surface area contributed by atoms with Crippen LogP contribution in [0.3, 0.4) is 0 Å². The minimum absolute atomic E-state index is 0.101. The van der Waals surface area contributed by atoms with Crippen LogP contribution in [0.1, 0.15) is 43.9 Å². The summed E-state index contributed by atoms with van der Waals surface area (Å²) in [5.74, 6) is 0.441. The molecule has 0 amide bonds. The van der Waals surface area contributed by atoms with Crippen LogP contribution < -0.4 is 10.0 Å². The third-order valence-electron chi connectivity index (χ3n) is 4.29. The zero-order chi connectivity index (χ0) is 14.2. The molecule has 2 aliphatic rings. The Bertz CT molecular complexity index is 563. The van der Waals surface area contributed by atoms with Gasteiger partial charge in [-0.3, -0.25) is 0 Å². The maximum atomic E-state index is 12.5. The van der Waals surface area contributed by atoms with Gasteiger partial charge < -0.3 is 5.32 Å². The predicted molar refractivity (Wildman–Crippen MR) is 81.3 cm³/mol. The van der Waals surface area contributed by atoms with Crippen molar-refractivity contribution in [2.75, 3.05) is 0 Å².